The smallest absolute Gasteiger partial charge is 0.0483 e. The van der Waals surface area contributed by atoms with Crippen LogP contribution in [0.15, 0.2) is 5.10 Å². The van der Waals surface area contributed by atoms with E-state index < -0.39 is 0 Å². The van der Waals surface area contributed by atoms with Crippen molar-refractivity contribution in [1.29, 1.82) is 0 Å². The predicted molar refractivity (Wildman–Crippen MR) is 52.1 cm³/mol. The first-order chi connectivity index (χ1) is 5.58. The van der Waals surface area contributed by atoms with Gasteiger partial charge in [-0.2, -0.15) is 5.10 Å². The molecule has 0 fully saturated rings. The van der Waals surface area contributed by atoms with E-state index in [0.717, 1.165) is 13.1 Å². The molecule has 0 saturated carbocycles. The van der Waals surface area contributed by atoms with Crippen LogP contribution in [0.4, 0.5) is 0 Å². The average Bonchev–Trinajstić information content (AvgIpc) is 2.34. The Morgan fingerprint density at radius 2 is 2.33 bits per heavy atom. The molecule has 0 amide bonds. The zero-order valence-electron chi connectivity index (χ0n) is 8.25. The van der Waals surface area contributed by atoms with E-state index in [2.05, 4.69) is 37.1 Å². The number of hydrogen-bond donors (Lipinski definition) is 1. The van der Waals surface area contributed by atoms with Crippen LogP contribution in [0, 0.1) is 11.3 Å². The highest BCUT2D eigenvalue weighted by Crippen LogP contribution is 2.29. The molecule has 3 nitrogen and oxygen atoms in total. The molecule has 0 aromatic heterocycles. The first kappa shape index (κ1) is 9.52. The van der Waals surface area contributed by atoms with E-state index in [0.29, 0.717) is 12.5 Å². The minimum absolute atomic E-state index is 0.245. The lowest BCUT2D eigenvalue weighted by Gasteiger charge is -2.26. The van der Waals surface area contributed by atoms with E-state index in [1.807, 2.05) is 0 Å². The molecule has 0 aromatic rings. The van der Waals surface area contributed by atoms with Gasteiger partial charge in [-0.1, -0.05) is 20.8 Å². The maximum atomic E-state index is 5.46. The predicted octanol–water partition coefficient (Wildman–Crippen LogP) is 0.909. The lowest BCUT2D eigenvalue weighted by Crippen LogP contribution is -2.33. The number of rotatable bonds is 3. The zero-order chi connectivity index (χ0) is 9.19. The second-order valence-electron chi connectivity index (χ2n) is 4.08. The molecule has 1 rings (SSSR count). The van der Waals surface area contributed by atoms with Crippen LogP contribution in [0.5, 0.6) is 0 Å². The standard InChI is InChI=1S/C9H19N3/c1-8(2)9(3)6-11-12(7-9)5-4-10/h6,8H,4-5,7,10H2,1-3H3. The fraction of sp³-hybridized carbons (Fsp3) is 0.889. The normalized spacial score (nSPS) is 28.9. The van der Waals surface area contributed by atoms with E-state index in [9.17, 15) is 0 Å². The maximum Gasteiger partial charge on any atom is 0.0483 e. The summed E-state index contributed by atoms with van der Waals surface area (Å²) in [5.41, 5.74) is 5.70. The topological polar surface area (TPSA) is 41.6 Å². The molecule has 1 heterocycles. The van der Waals surface area contributed by atoms with Gasteiger partial charge in [-0.25, -0.2) is 0 Å². The van der Waals surface area contributed by atoms with Crippen molar-refractivity contribution in [2.45, 2.75) is 20.8 Å². The fourth-order valence-electron chi connectivity index (χ4n) is 1.31. The summed E-state index contributed by atoms with van der Waals surface area (Å²) in [6.07, 6.45) is 2.06. The largest absolute Gasteiger partial charge is 0.329 e. The molecular formula is C9H19N3. The molecule has 0 spiro atoms. The highest BCUT2D eigenvalue weighted by molar-refractivity contribution is 5.67. The summed E-state index contributed by atoms with van der Waals surface area (Å²) < 4.78 is 0. The SMILES string of the molecule is CC(C)C1(C)C=NN(CCN)C1. The first-order valence-corrected chi connectivity index (χ1v) is 4.58. The van der Waals surface area contributed by atoms with Crippen LogP contribution in [-0.4, -0.2) is 30.9 Å². The molecule has 0 bridgehead atoms. The van der Waals surface area contributed by atoms with Gasteiger partial charge in [0.1, 0.15) is 0 Å². The van der Waals surface area contributed by atoms with Gasteiger partial charge in [0.15, 0.2) is 0 Å². The molecule has 1 atom stereocenters. The van der Waals surface area contributed by atoms with Crippen LogP contribution in [0.3, 0.4) is 0 Å². The molecule has 0 aromatic carbocycles. The van der Waals surface area contributed by atoms with Crippen LogP contribution >= 0.6 is 0 Å². The quantitative estimate of drug-likeness (QED) is 0.682. The Kier molecular flexibility index (Phi) is 2.73. The van der Waals surface area contributed by atoms with Crippen LogP contribution in [0.2, 0.25) is 0 Å². The van der Waals surface area contributed by atoms with Crippen molar-refractivity contribution in [1.82, 2.24) is 5.01 Å². The molecule has 1 unspecified atom stereocenters. The summed E-state index contributed by atoms with van der Waals surface area (Å²) in [6, 6.07) is 0. The third kappa shape index (κ3) is 1.78. The third-order valence-electron chi connectivity index (χ3n) is 2.75. The monoisotopic (exact) mass is 169 g/mol. The van der Waals surface area contributed by atoms with Crippen LogP contribution in [0.25, 0.3) is 0 Å². The number of nitrogens with zero attached hydrogens (tertiary/aromatic N) is 2. The lowest BCUT2D eigenvalue weighted by molar-refractivity contribution is 0.222. The summed E-state index contributed by atoms with van der Waals surface area (Å²) in [5, 5.41) is 6.38. The van der Waals surface area contributed by atoms with Crippen molar-refractivity contribution in [3.05, 3.63) is 0 Å². The molecule has 2 N–H and O–H groups in total. The molecule has 70 valence electrons. The summed E-state index contributed by atoms with van der Waals surface area (Å²) in [4.78, 5) is 0. The number of nitrogens with two attached hydrogens (primary N) is 1. The summed E-state index contributed by atoms with van der Waals surface area (Å²) >= 11 is 0. The van der Waals surface area contributed by atoms with Crippen molar-refractivity contribution in [3.8, 4) is 0 Å². The average molecular weight is 169 g/mol. The molecule has 3 heteroatoms. The minimum atomic E-state index is 0.245. The van der Waals surface area contributed by atoms with Crippen molar-refractivity contribution in [2.75, 3.05) is 19.6 Å². The van der Waals surface area contributed by atoms with E-state index >= 15 is 0 Å². The van der Waals surface area contributed by atoms with Crippen molar-refractivity contribution >= 4 is 6.21 Å². The fourth-order valence-corrected chi connectivity index (χ4v) is 1.31. The highest BCUT2D eigenvalue weighted by Gasteiger charge is 2.32. The van der Waals surface area contributed by atoms with Crippen LogP contribution < -0.4 is 5.73 Å². The Bertz CT molecular complexity index is 177. The van der Waals surface area contributed by atoms with Crippen LogP contribution in [0.1, 0.15) is 20.8 Å². The van der Waals surface area contributed by atoms with Gasteiger partial charge in [-0.05, 0) is 5.92 Å². The maximum absolute atomic E-state index is 5.46. The second kappa shape index (κ2) is 3.44. The Balaban J connectivity index is 2.51. The van der Waals surface area contributed by atoms with Crippen molar-refractivity contribution in [2.24, 2.45) is 22.2 Å². The molecule has 0 radical (unpaired) electrons. The first-order valence-electron chi connectivity index (χ1n) is 4.58. The lowest BCUT2D eigenvalue weighted by atomic mass is 9.81. The molecule has 0 saturated heterocycles. The molecule has 12 heavy (non-hydrogen) atoms. The molecule has 0 aliphatic carbocycles. The van der Waals surface area contributed by atoms with Crippen molar-refractivity contribution < 1.29 is 0 Å². The number of hydrazone groups is 1. The minimum Gasteiger partial charge on any atom is -0.329 e. The van der Waals surface area contributed by atoms with E-state index in [1.165, 1.54) is 0 Å². The van der Waals surface area contributed by atoms with Gasteiger partial charge in [0.2, 0.25) is 0 Å². The summed E-state index contributed by atoms with van der Waals surface area (Å²) in [6.45, 7) is 9.29. The Morgan fingerprint density at radius 1 is 1.67 bits per heavy atom. The van der Waals surface area contributed by atoms with Gasteiger partial charge in [-0.15, -0.1) is 0 Å². The molecule has 1 aliphatic heterocycles. The van der Waals surface area contributed by atoms with Gasteiger partial charge >= 0.3 is 0 Å². The van der Waals surface area contributed by atoms with Gasteiger partial charge < -0.3 is 5.73 Å². The van der Waals surface area contributed by atoms with Gasteiger partial charge in [0.25, 0.3) is 0 Å². The van der Waals surface area contributed by atoms with E-state index in [4.69, 9.17) is 5.73 Å². The van der Waals surface area contributed by atoms with Gasteiger partial charge in [0.05, 0.1) is 0 Å². The Morgan fingerprint density at radius 3 is 2.75 bits per heavy atom. The third-order valence-corrected chi connectivity index (χ3v) is 2.75. The van der Waals surface area contributed by atoms with E-state index in [-0.39, 0.29) is 5.41 Å². The van der Waals surface area contributed by atoms with Gasteiger partial charge in [-0.3, -0.25) is 5.01 Å². The molecule has 1 aliphatic rings. The second-order valence-corrected chi connectivity index (χ2v) is 4.08. The Labute approximate surface area is 74.6 Å². The Hall–Kier alpha value is -0.570. The number of hydrogen-bond acceptors (Lipinski definition) is 3. The zero-order valence-corrected chi connectivity index (χ0v) is 8.25. The summed E-state index contributed by atoms with van der Waals surface area (Å²) in [7, 11) is 0. The van der Waals surface area contributed by atoms with Crippen molar-refractivity contribution in [3.63, 3.8) is 0 Å². The highest BCUT2D eigenvalue weighted by atomic mass is 15.5. The van der Waals surface area contributed by atoms with Crippen LogP contribution in [-0.2, 0) is 0 Å². The summed E-state index contributed by atoms with van der Waals surface area (Å²) in [5.74, 6) is 0.643. The van der Waals surface area contributed by atoms with Gasteiger partial charge in [0, 0.05) is 31.3 Å². The van der Waals surface area contributed by atoms with E-state index in [1.54, 1.807) is 0 Å². The molecular weight excluding hydrogens is 150 g/mol.